The van der Waals surface area contributed by atoms with Crippen LogP contribution in [0.3, 0.4) is 0 Å². The van der Waals surface area contributed by atoms with Crippen LogP contribution in [-0.2, 0) is 5.75 Å². The fraction of sp³-hybridized carbons (Fsp3) is 0.190. The van der Waals surface area contributed by atoms with Crippen LogP contribution in [0.15, 0.2) is 64.5 Å². The lowest BCUT2D eigenvalue weighted by Gasteiger charge is -2.04. The monoisotopic (exact) mass is 392 g/mol. The summed E-state index contributed by atoms with van der Waals surface area (Å²) in [7, 11) is 0. The van der Waals surface area contributed by atoms with Crippen molar-refractivity contribution in [1.82, 2.24) is 19.8 Å². The molecule has 142 valence electrons. The van der Waals surface area contributed by atoms with Crippen LogP contribution in [0.4, 0.5) is 0 Å². The zero-order valence-electron chi connectivity index (χ0n) is 15.7. The Morgan fingerprint density at radius 1 is 1.14 bits per heavy atom. The molecule has 2 aromatic heterocycles. The topological polar surface area (TPSA) is 72.3 Å². The predicted molar refractivity (Wildman–Crippen MR) is 111 cm³/mol. The smallest absolute Gasteiger partial charge is 0.290 e. The lowest BCUT2D eigenvalue weighted by atomic mass is 10.1. The van der Waals surface area contributed by atoms with E-state index in [4.69, 9.17) is 4.74 Å². The first-order valence-electron chi connectivity index (χ1n) is 9.04. The predicted octanol–water partition coefficient (Wildman–Crippen LogP) is 4.08. The minimum absolute atomic E-state index is 0.260. The molecule has 7 heteroatoms. The molecule has 0 radical (unpaired) electrons. The number of benzene rings is 2. The van der Waals surface area contributed by atoms with E-state index >= 15 is 0 Å². The summed E-state index contributed by atoms with van der Waals surface area (Å²) in [6.45, 7) is 4.64. The Bertz CT molecular complexity index is 1170. The molecule has 0 atom stereocenters. The van der Waals surface area contributed by atoms with Crippen molar-refractivity contribution in [2.24, 2.45) is 0 Å². The van der Waals surface area contributed by atoms with Crippen molar-refractivity contribution in [2.45, 2.75) is 24.8 Å². The Morgan fingerprint density at radius 3 is 2.71 bits per heavy atom. The number of thioether (sulfide) groups is 1. The molecule has 0 spiro atoms. The molecule has 6 nitrogen and oxygen atoms in total. The van der Waals surface area contributed by atoms with Gasteiger partial charge in [-0.15, -0.1) is 5.10 Å². The van der Waals surface area contributed by atoms with Gasteiger partial charge in [-0.2, -0.15) is 5.10 Å². The standard InChI is InChI=1S/C21H20N4O2S/c1-3-27-17-9-7-16(8-10-17)18-12-19-20(26)22-23-21(25(19)24-18)28-13-15-6-4-5-14(2)11-15/h4-12H,3,13H2,1-2H3,(H,22,26). The molecule has 0 bridgehead atoms. The molecule has 0 saturated carbocycles. The fourth-order valence-corrected chi connectivity index (χ4v) is 3.81. The summed E-state index contributed by atoms with van der Waals surface area (Å²) < 4.78 is 7.10. The molecule has 2 aromatic carbocycles. The van der Waals surface area contributed by atoms with Gasteiger partial charge in [-0.25, -0.2) is 9.61 Å². The molecule has 0 fully saturated rings. The maximum atomic E-state index is 12.2. The highest BCUT2D eigenvalue weighted by atomic mass is 32.2. The van der Waals surface area contributed by atoms with E-state index in [-0.39, 0.29) is 5.56 Å². The van der Waals surface area contributed by atoms with Crippen molar-refractivity contribution >= 4 is 17.3 Å². The molecule has 1 N–H and O–H groups in total. The Kier molecular flexibility index (Phi) is 5.16. The zero-order chi connectivity index (χ0) is 19.5. The minimum atomic E-state index is -0.260. The van der Waals surface area contributed by atoms with Gasteiger partial charge in [0.25, 0.3) is 5.56 Å². The summed E-state index contributed by atoms with van der Waals surface area (Å²) in [6.07, 6.45) is 0. The van der Waals surface area contributed by atoms with Crippen LogP contribution in [0, 0.1) is 6.92 Å². The molecule has 0 aliphatic rings. The third-order valence-corrected chi connectivity index (χ3v) is 5.29. The number of nitrogens with zero attached hydrogens (tertiary/aromatic N) is 3. The SMILES string of the molecule is CCOc1ccc(-c2cc3c(=O)[nH]nc(SCc4cccc(C)c4)n3n2)cc1. The molecule has 0 amide bonds. The van der Waals surface area contributed by atoms with Crippen molar-refractivity contribution in [3.63, 3.8) is 0 Å². The van der Waals surface area contributed by atoms with E-state index in [0.717, 1.165) is 22.8 Å². The lowest BCUT2D eigenvalue weighted by molar-refractivity contribution is 0.340. The third-order valence-electron chi connectivity index (χ3n) is 4.29. The van der Waals surface area contributed by atoms with Crippen molar-refractivity contribution in [2.75, 3.05) is 6.61 Å². The van der Waals surface area contributed by atoms with E-state index in [1.54, 1.807) is 10.6 Å². The molecule has 0 aliphatic heterocycles. The minimum Gasteiger partial charge on any atom is -0.494 e. The van der Waals surface area contributed by atoms with Crippen LogP contribution in [0.5, 0.6) is 5.75 Å². The highest BCUT2D eigenvalue weighted by molar-refractivity contribution is 7.98. The van der Waals surface area contributed by atoms with Crippen molar-refractivity contribution < 1.29 is 4.74 Å². The van der Waals surface area contributed by atoms with E-state index in [9.17, 15) is 4.79 Å². The number of rotatable bonds is 6. The average molecular weight is 392 g/mol. The summed E-state index contributed by atoms with van der Waals surface area (Å²) in [6, 6.07) is 17.8. The number of nitrogens with one attached hydrogen (secondary N) is 1. The quantitative estimate of drug-likeness (QED) is 0.501. The van der Waals surface area contributed by atoms with Gasteiger partial charge in [0, 0.05) is 11.3 Å². The molecule has 4 rings (SSSR count). The molecule has 0 aliphatic carbocycles. The van der Waals surface area contributed by atoms with Crippen molar-refractivity contribution in [3.8, 4) is 17.0 Å². The number of hydrogen-bond donors (Lipinski definition) is 1. The van der Waals surface area contributed by atoms with Gasteiger partial charge >= 0.3 is 0 Å². The van der Waals surface area contributed by atoms with Crippen LogP contribution < -0.4 is 10.3 Å². The van der Waals surface area contributed by atoms with Gasteiger partial charge in [-0.05, 0) is 49.7 Å². The molecule has 0 saturated heterocycles. The highest BCUT2D eigenvalue weighted by Crippen LogP contribution is 2.25. The molecule has 2 heterocycles. The van der Waals surface area contributed by atoms with Gasteiger partial charge in [0.2, 0.25) is 5.16 Å². The highest BCUT2D eigenvalue weighted by Gasteiger charge is 2.12. The number of aromatic nitrogens is 4. The third kappa shape index (κ3) is 3.80. The number of ether oxygens (including phenoxy) is 1. The summed E-state index contributed by atoms with van der Waals surface area (Å²) in [5.41, 5.74) is 4.27. The first kappa shape index (κ1) is 18.3. The summed E-state index contributed by atoms with van der Waals surface area (Å²) in [5.74, 6) is 1.55. The van der Waals surface area contributed by atoms with Crippen LogP contribution in [0.1, 0.15) is 18.1 Å². The maximum absolute atomic E-state index is 12.2. The fourth-order valence-electron chi connectivity index (χ4n) is 2.96. The van der Waals surface area contributed by atoms with Gasteiger partial charge in [-0.3, -0.25) is 4.79 Å². The van der Waals surface area contributed by atoms with Gasteiger partial charge in [-0.1, -0.05) is 41.6 Å². The Labute approximate surface area is 166 Å². The van der Waals surface area contributed by atoms with Gasteiger partial charge in [0.15, 0.2) is 0 Å². The second-order valence-electron chi connectivity index (χ2n) is 6.40. The normalized spacial score (nSPS) is 11.1. The van der Waals surface area contributed by atoms with E-state index < -0.39 is 0 Å². The molecule has 28 heavy (non-hydrogen) atoms. The van der Waals surface area contributed by atoms with Crippen LogP contribution >= 0.6 is 11.8 Å². The Morgan fingerprint density at radius 2 is 1.96 bits per heavy atom. The molecular weight excluding hydrogens is 372 g/mol. The summed E-state index contributed by atoms with van der Waals surface area (Å²) in [5, 5.41) is 12.0. The number of fused-ring (bicyclic) bond motifs is 1. The van der Waals surface area contributed by atoms with E-state index in [1.807, 2.05) is 37.3 Å². The Hall–Kier alpha value is -3.06. The van der Waals surface area contributed by atoms with Gasteiger partial charge in [0.05, 0.1) is 12.3 Å². The Balaban J connectivity index is 1.65. The maximum Gasteiger partial charge on any atom is 0.290 e. The number of H-pyrrole nitrogens is 1. The van der Waals surface area contributed by atoms with E-state index in [2.05, 4.69) is 40.4 Å². The van der Waals surface area contributed by atoms with Gasteiger partial charge < -0.3 is 4.74 Å². The lowest BCUT2D eigenvalue weighted by Crippen LogP contribution is -2.13. The van der Waals surface area contributed by atoms with Crippen LogP contribution in [0.2, 0.25) is 0 Å². The first-order valence-corrected chi connectivity index (χ1v) is 10.0. The summed E-state index contributed by atoms with van der Waals surface area (Å²) >= 11 is 1.54. The number of hydrogen-bond acceptors (Lipinski definition) is 5. The zero-order valence-corrected chi connectivity index (χ0v) is 16.5. The number of aryl methyl sites for hydroxylation is 1. The van der Waals surface area contributed by atoms with E-state index in [1.165, 1.54) is 22.9 Å². The number of aromatic amines is 1. The van der Waals surface area contributed by atoms with Crippen molar-refractivity contribution in [1.29, 1.82) is 0 Å². The molecule has 4 aromatic rings. The second kappa shape index (κ2) is 7.90. The molecule has 0 unspecified atom stereocenters. The first-order chi connectivity index (χ1) is 13.6. The van der Waals surface area contributed by atoms with Crippen LogP contribution in [-0.4, -0.2) is 26.4 Å². The molecular formula is C21H20N4O2S. The summed E-state index contributed by atoms with van der Waals surface area (Å²) in [4.78, 5) is 12.2. The largest absolute Gasteiger partial charge is 0.494 e. The van der Waals surface area contributed by atoms with Gasteiger partial charge in [0.1, 0.15) is 11.3 Å². The average Bonchev–Trinajstić information content (AvgIpc) is 3.15. The van der Waals surface area contributed by atoms with Crippen molar-refractivity contribution in [3.05, 3.63) is 76.1 Å². The van der Waals surface area contributed by atoms with Crippen LogP contribution in [0.25, 0.3) is 16.8 Å². The second-order valence-corrected chi connectivity index (χ2v) is 7.34. The van der Waals surface area contributed by atoms with E-state index in [0.29, 0.717) is 17.3 Å².